The molecule has 88 heavy (non-hydrogen) atoms. The van der Waals surface area contributed by atoms with Crippen LogP contribution in [0.25, 0.3) is 0 Å². The first kappa shape index (κ1) is 76.5. The topological polar surface area (TPSA) is 239 Å². The van der Waals surface area contributed by atoms with Crippen LogP contribution >= 0.6 is 11.8 Å². The predicted octanol–water partition coefficient (Wildman–Crippen LogP) is 9.96. The van der Waals surface area contributed by atoms with Crippen LogP contribution in [0.15, 0.2) is 54.6 Å². The number of carbonyl (C=O) groups is 9. The maximum Gasteiger partial charge on any atom is 0.410 e. The van der Waals surface area contributed by atoms with Crippen molar-refractivity contribution in [2.75, 3.05) is 59.5 Å². The van der Waals surface area contributed by atoms with E-state index in [9.17, 15) is 48.3 Å². The molecule has 0 aromatic heterocycles. The normalized spacial score (nSPS) is 18.5. The maximum absolute atomic E-state index is 13.9. The Morgan fingerprint density at radius 3 is 1.95 bits per heavy atom. The summed E-state index contributed by atoms with van der Waals surface area (Å²) < 4.78 is 17.3. The third-order valence-corrected chi connectivity index (χ3v) is 18.7. The van der Waals surface area contributed by atoms with Crippen molar-refractivity contribution in [3.63, 3.8) is 0 Å². The number of methoxy groups -OCH3 is 2. The maximum atomic E-state index is 13.9. The van der Waals surface area contributed by atoms with Gasteiger partial charge in [-0.3, -0.25) is 43.3 Å². The molecule has 2 heterocycles. The van der Waals surface area contributed by atoms with E-state index in [1.165, 1.54) is 28.5 Å². The minimum atomic E-state index is -0.736. The minimum absolute atomic E-state index is 0.0148. The van der Waals surface area contributed by atoms with E-state index < -0.39 is 42.4 Å². The molecule has 2 aliphatic rings. The fourth-order valence-corrected chi connectivity index (χ4v) is 13.0. The van der Waals surface area contributed by atoms with E-state index in [-0.39, 0.29) is 139 Å². The number of thioether (sulfide) groups is 1. The zero-order chi connectivity index (χ0) is 66.1. The summed E-state index contributed by atoms with van der Waals surface area (Å²) in [5.74, 6) is -1.20. The molecule has 2 saturated heterocycles. The number of hydrogen-bond acceptors (Lipinski definition) is 15. The zero-order valence-corrected chi connectivity index (χ0v) is 56.8. The second kappa shape index (κ2) is 38.1. The Morgan fingerprint density at radius 1 is 0.773 bits per heavy atom. The number of benzene rings is 2. The largest absolute Gasteiger partial charge is 0.445 e. The molecule has 2 fully saturated rings. The van der Waals surface area contributed by atoms with Gasteiger partial charge in [0.05, 0.1) is 60.7 Å². The summed E-state index contributed by atoms with van der Waals surface area (Å²) in [4.78, 5) is 121. The fourth-order valence-electron chi connectivity index (χ4n) is 12.4. The number of unbranched alkanes of at least 4 members (excludes halogenated alkanes) is 2. The molecule has 19 nitrogen and oxygen atoms in total. The molecule has 494 valence electrons. The molecule has 6 amide bonds. The number of aliphatic hydroxyl groups is 1. The van der Waals surface area contributed by atoms with Crippen LogP contribution < -0.4 is 10.6 Å². The van der Waals surface area contributed by atoms with Crippen molar-refractivity contribution in [3.05, 3.63) is 65.7 Å². The second-order valence-electron chi connectivity index (χ2n) is 25.2. The van der Waals surface area contributed by atoms with Gasteiger partial charge in [-0.2, -0.15) is 11.8 Å². The molecule has 20 heteroatoms. The highest BCUT2D eigenvalue weighted by atomic mass is 32.2. The molecule has 0 bridgehead atoms. The first-order valence-electron chi connectivity index (χ1n) is 31.9. The van der Waals surface area contributed by atoms with Crippen molar-refractivity contribution < 1.29 is 62.5 Å². The standard InChI is InChI=1S/C36H60N2O6.C32H48N4O7S/c1-11-24(5)33(37(8)36(42)28(12-2)23(3)4)31(43-9)22-32(40)38-20-16-19-29(38)35(44-10)26(7)30(39)21-25(6)34(41)27-17-14-13-15-18-27;1-20(2)29(34-27(39)11-9-8-10-16-36-28(40)17-26(44-7)31(36)41)25(38)18-33-24-14-12-23(13-15-24)19-43-32(42)35(6)30(21(3)4)22(5)37/h13-15,17-18,23-26,28-29,31,33-35,41H,11-12,16,19-22H2,1-10H3;12-15,20-21,26,29-30,33H,8-11,16-19H2,1-7H3,(H,34,39)/t24-,25-,26-,28-,29-,31+,33-,34+,35+;26?,29-,30-/m00/s1. The van der Waals surface area contributed by atoms with Crippen LogP contribution in [0.3, 0.4) is 0 Å². The average Bonchev–Trinajstić information content (AvgIpc) is 3.66. The Balaban J connectivity index is 0.000000460. The van der Waals surface area contributed by atoms with Crippen LogP contribution in [0.2, 0.25) is 0 Å². The molecule has 1 unspecified atom stereocenters. The number of carbonyl (C=O) groups excluding carboxylic acids is 9. The number of likely N-dealkylation sites (tertiary alicyclic amines) is 2. The molecule has 2 aromatic carbocycles. The molecule has 0 radical (unpaired) electrons. The van der Waals surface area contributed by atoms with Crippen molar-refractivity contribution in [1.29, 1.82) is 0 Å². The summed E-state index contributed by atoms with van der Waals surface area (Å²) in [5.41, 5.74) is 2.25. The highest BCUT2D eigenvalue weighted by Gasteiger charge is 2.43. The molecule has 12 atom stereocenters. The summed E-state index contributed by atoms with van der Waals surface area (Å²) >= 11 is 1.39. The van der Waals surface area contributed by atoms with Gasteiger partial charge in [-0.15, -0.1) is 0 Å². The third-order valence-electron chi connectivity index (χ3n) is 17.8. The smallest absolute Gasteiger partial charge is 0.410 e. The summed E-state index contributed by atoms with van der Waals surface area (Å²) in [6, 6.07) is 14.9. The molecule has 0 saturated carbocycles. The molecule has 2 aromatic rings. The van der Waals surface area contributed by atoms with Gasteiger partial charge in [0.2, 0.25) is 29.5 Å². The van der Waals surface area contributed by atoms with Gasteiger partial charge in [0.25, 0.3) is 0 Å². The van der Waals surface area contributed by atoms with E-state index in [2.05, 4.69) is 38.3 Å². The van der Waals surface area contributed by atoms with Gasteiger partial charge in [0, 0.05) is 78.2 Å². The summed E-state index contributed by atoms with van der Waals surface area (Å²) in [5, 5.41) is 16.5. The van der Waals surface area contributed by atoms with Crippen LogP contribution in [-0.2, 0) is 59.2 Å². The van der Waals surface area contributed by atoms with E-state index in [1.54, 1.807) is 45.5 Å². The number of aliphatic hydroxyl groups excluding tert-OH is 1. The Labute approximate surface area is 530 Å². The Kier molecular flexibility index (Phi) is 33.1. The Morgan fingerprint density at radius 2 is 1.42 bits per heavy atom. The summed E-state index contributed by atoms with van der Waals surface area (Å²) in [7, 11) is 6.63. The van der Waals surface area contributed by atoms with Gasteiger partial charge < -0.3 is 44.7 Å². The number of hydrogen-bond donors (Lipinski definition) is 3. The lowest BCUT2D eigenvalue weighted by Crippen LogP contribution is -2.54. The Bertz CT molecular complexity index is 2550. The van der Waals surface area contributed by atoms with Crippen LogP contribution in [0.1, 0.15) is 171 Å². The summed E-state index contributed by atoms with van der Waals surface area (Å²) in [6.07, 6.45) is 5.60. The number of rotatable bonds is 36. The second-order valence-corrected chi connectivity index (χ2v) is 26.3. The van der Waals surface area contributed by atoms with Gasteiger partial charge in [-0.25, -0.2) is 4.79 Å². The number of likely N-dealkylation sites (N-methyl/N-ethyl adjacent to an activating group) is 2. The van der Waals surface area contributed by atoms with E-state index in [0.29, 0.717) is 38.0 Å². The van der Waals surface area contributed by atoms with Crippen molar-refractivity contribution in [3.8, 4) is 0 Å². The van der Waals surface area contributed by atoms with Gasteiger partial charge >= 0.3 is 6.09 Å². The first-order chi connectivity index (χ1) is 41.6. The van der Waals surface area contributed by atoms with Crippen LogP contribution in [0.5, 0.6) is 0 Å². The van der Waals surface area contributed by atoms with Crippen LogP contribution in [0.4, 0.5) is 10.5 Å². The highest BCUT2D eigenvalue weighted by molar-refractivity contribution is 8.00. The van der Waals surface area contributed by atoms with Gasteiger partial charge in [0.1, 0.15) is 12.4 Å². The van der Waals surface area contributed by atoms with Gasteiger partial charge in [0.15, 0.2) is 11.6 Å². The third kappa shape index (κ3) is 22.4. The number of ether oxygens (including phenoxy) is 3. The number of ketones is 3. The number of Topliss-reactive ketones (excluding diaryl/α,β-unsaturated/α-hetero) is 3. The zero-order valence-electron chi connectivity index (χ0n) is 56.0. The van der Waals surface area contributed by atoms with Crippen molar-refractivity contribution in [2.24, 2.45) is 41.4 Å². The number of amides is 6. The molecule has 2 aliphatic heterocycles. The quantitative estimate of drug-likeness (QED) is 0.0425. The number of nitrogens with one attached hydrogen (secondary N) is 2. The monoisotopic (exact) mass is 1250 g/mol. The van der Waals surface area contributed by atoms with Crippen LogP contribution in [-0.4, -0.2) is 174 Å². The number of imide groups is 1. The van der Waals surface area contributed by atoms with Crippen molar-refractivity contribution in [1.82, 2.24) is 24.9 Å². The SMILES string of the molecule is CC[C@H](C(=O)N(C)[C@@H]([C@@H](C)CC)[C@@H](CC(=O)N1CCC[C@H]1[C@H](OC)[C@@H](C)C(=O)C[C@H](C)[C@@H](O)c1ccccc1)OC)C(C)C.CSC1CC(=O)N(CCCCCC(=O)N[C@H](C(=O)CNc2ccc(COC(=O)N(C)[C@H](C(C)=O)C(C)C)cc2)C(C)C)C1=O. The molecular weight excluding hydrogens is 1140 g/mol. The van der Waals surface area contributed by atoms with Gasteiger partial charge in [-0.05, 0) is 98.1 Å². The molecule has 0 aliphatic carbocycles. The molecule has 3 N–H and O–H groups in total. The number of nitrogens with zero attached hydrogens (tertiary/aromatic N) is 4. The van der Waals surface area contributed by atoms with E-state index in [4.69, 9.17) is 14.2 Å². The minimum Gasteiger partial charge on any atom is -0.445 e. The fraction of sp³-hybridized carbons (Fsp3) is 0.691. The lowest BCUT2D eigenvalue weighted by Gasteiger charge is -2.40. The highest BCUT2D eigenvalue weighted by Crippen LogP contribution is 2.33. The lowest BCUT2D eigenvalue weighted by atomic mass is 9.85. The molecular formula is C68H108N6O13S. The average molecular weight is 1250 g/mol. The predicted molar refractivity (Wildman–Crippen MR) is 346 cm³/mol. The molecule has 4 rings (SSSR count). The Hall–Kier alpha value is -5.70. The van der Waals surface area contributed by atoms with Crippen molar-refractivity contribution in [2.45, 2.75) is 208 Å². The lowest BCUT2D eigenvalue weighted by molar-refractivity contribution is -0.148. The number of anilines is 1. The summed E-state index contributed by atoms with van der Waals surface area (Å²) in [6.45, 7) is 24.2. The van der Waals surface area contributed by atoms with E-state index >= 15 is 0 Å². The molecule has 0 spiro atoms. The van der Waals surface area contributed by atoms with Crippen LogP contribution in [0, 0.1) is 41.4 Å². The van der Waals surface area contributed by atoms with E-state index in [0.717, 1.165) is 36.8 Å². The van der Waals surface area contributed by atoms with Crippen molar-refractivity contribution >= 4 is 70.4 Å². The van der Waals surface area contributed by atoms with E-state index in [1.807, 2.05) is 102 Å². The first-order valence-corrected chi connectivity index (χ1v) is 33.2. The van der Waals surface area contributed by atoms with Gasteiger partial charge in [-0.1, -0.05) is 131 Å².